The summed E-state index contributed by atoms with van der Waals surface area (Å²) in [6, 6.07) is 11.4. The van der Waals surface area contributed by atoms with Gasteiger partial charge in [0.25, 0.3) is 0 Å². The average Bonchev–Trinajstić information content (AvgIpc) is 2.34. The summed E-state index contributed by atoms with van der Waals surface area (Å²) in [4.78, 5) is 0.299. The van der Waals surface area contributed by atoms with E-state index in [1.807, 2.05) is 0 Å². The summed E-state index contributed by atoms with van der Waals surface area (Å²) in [6.45, 7) is 0. The van der Waals surface area contributed by atoms with Crippen LogP contribution >= 0.6 is 28.1 Å². The molecule has 0 fully saturated rings. The summed E-state index contributed by atoms with van der Waals surface area (Å²) >= 11 is 8.21. The molecule has 2 aromatic rings. The second-order valence-electron chi connectivity index (χ2n) is 3.54. The molecule has 2 nitrogen and oxygen atoms in total. The second-order valence-corrected chi connectivity index (χ2v) is 4.84. The summed E-state index contributed by atoms with van der Waals surface area (Å²) in [5.74, 6) is 0.254. The molecule has 5 heteroatoms. The van der Waals surface area contributed by atoms with E-state index in [0.717, 1.165) is 5.56 Å². The first kappa shape index (κ1) is 13.0. The molecule has 2 aromatic carbocycles. The lowest BCUT2D eigenvalue weighted by atomic mass is 10.2. The maximum atomic E-state index is 13.4. The summed E-state index contributed by atoms with van der Waals surface area (Å²) in [6.07, 6.45) is 0. The lowest BCUT2D eigenvalue weighted by Crippen LogP contribution is -2.09. The van der Waals surface area contributed by atoms with E-state index in [-0.39, 0.29) is 5.75 Å². The number of hydrogen-bond acceptors (Lipinski definition) is 2. The summed E-state index contributed by atoms with van der Waals surface area (Å²) in [7, 11) is 0. The van der Waals surface area contributed by atoms with Crippen molar-refractivity contribution >= 4 is 33.1 Å². The lowest BCUT2D eigenvalue weighted by Gasteiger charge is -2.09. The maximum absolute atomic E-state index is 13.4. The number of halogens is 2. The molecule has 2 rings (SSSR count). The van der Waals surface area contributed by atoms with Crippen LogP contribution in [0.1, 0.15) is 5.56 Å². The zero-order valence-corrected chi connectivity index (χ0v) is 11.6. The standard InChI is InChI=1S/C13H9BrFNOS/c14-9-7-8(13(16)18)5-6-11(9)17-12-4-2-1-3-10(12)15/h1-7H,(H2,16,18). The van der Waals surface area contributed by atoms with Gasteiger partial charge in [-0.1, -0.05) is 24.4 Å². The van der Waals surface area contributed by atoms with E-state index in [2.05, 4.69) is 15.9 Å². The van der Waals surface area contributed by atoms with Gasteiger partial charge in [0.05, 0.1) is 4.47 Å². The molecule has 92 valence electrons. The molecule has 18 heavy (non-hydrogen) atoms. The zero-order chi connectivity index (χ0) is 13.1. The minimum atomic E-state index is -0.414. The number of nitrogens with two attached hydrogens (primary N) is 1. The van der Waals surface area contributed by atoms with E-state index >= 15 is 0 Å². The molecule has 2 N–H and O–H groups in total. The van der Waals surface area contributed by atoms with E-state index < -0.39 is 5.82 Å². The monoisotopic (exact) mass is 325 g/mol. The third-order valence-electron chi connectivity index (χ3n) is 2.27. The van der Waals surface area contributed by atoms with Crippen molar-refractivity contribution in [3.63, 3.8) is 0 Å². The molecule has 0 radical (unpaired) electrons. The van der Waals surface area contributed by atoms with Crippen LogP contribution in [0.4, 0.5) is 4.39 Å². The molecule has 0 unspecified atom stereocenters. The number of para-hydroxylation sites is 1. The molecule has 0 aliphatic rings. The van der Waals surface area contributed by atoms with Crippen molar-refractivity contribution in [3.05, 3.63) is 58.3 Å². The van der Waals surface area contributed by atoms with Gasteiger partial charge < -0.3 is 10.5 Å². The van der Waals surface area contributed by atoms with Crippen LogP contribution < -0.4 is 10.5 Å². The van der Waals surface area contributed by atoms with Crippen LogP contribution in [0.25, 0.3) is 0 Å². The Morgan fingerprint density at radius 2 is 1.89 bits per heavy atom. The highest BCUT2D eigenvalue weighted by atomic mass is 79.9. The van der Waals surface area contributed by atoms with E-state index in [1.54, 1.807) is 36.4 Å². The molecule has 0 saturated carbocycles. The Morgan fingerprint density at radius 1 is 1.17 bits per heavy atom. The number of thiocarbonyl (C=S) groups is 1. The van der Waals surface area contributed by atoms with Crippen LogP contribution in [0.15, 0.2) is 46.9 Å². The molecule has 0 bridgehead atoms. The summed E-state index contributed by atoms with van der Waals surface area (Å²) in [5.41, 5.74) is 6.24. The summed E-state index contributed by atoms with van der Waals surface area (Å²) < 4.78 is 19.6. The average molecular weight is 326 g/mol. The number of benzene rings is 2. The van der Waals surface area contributed by atoms with Crippen LogP contribution in [0.5, 0.6) is 11.5 Å². The van der Waals surface area contributed by atoms with Crippen LogP contribution in [0.2, 0.25) is 0 Å². The van der Waals surface area contributed by atoms with Gasteiger partial charge in [0.15, 0.2) is 11.6 Å². The van der Waals surface area contributed by atoms with Crippen molar-refractivity contribution in [2.45, 2.75) is 0 Å². The topological polar surface area (TPSA) is 35.2 Å². The van der Waals surface area contributed by atoms with Crippen molar-refractivity contribution in [2.75, 3.05) is 0 Å². The van der Waals surface area contributed by atoms with Crippen molar-refractivity contribution in [2.24, 2.45) is 5.73 Å². The van der Waals surface area contributed by atoms with Crippen molar-refractivity contribution in [3.8, 4) is 11.5 Å². The third kappa shape index (κ3) is 2.86. The van der Waals surface area contributed by atoms with Gasteiger partial charge >= 0.3 is 0 Å². The Hall–Kier alpha value is -1.46. The molecule has 0 amide bonds. The van der Waals surface area contributed by atoms with E-state index in [0.29, 0.717) is 15.2 Å². The largest absolute Gasteiger partial charge is 0.453 e. The minimum absolute atomic E-state index is 0.168. The van der Waals surface area contributed by atoms with Gasteiger partial charge in [0.2, 0.25) is 0 Å². The maximum Gasteiger partial charge on any atom is 0.165 e. The zero-order valence-electron chi connectivity index (χ0n) is 9.19. The Balaban J connectivity index is 2.30. The molecule has 0 aromatic heterocycles. The van der Waals surface area contributed by atoms with Crippen molar-refractivity contribution in [1.29, 1.82) is 0 Å². The molecule has 0 atom stereocenters. The van der Waals surface area contributed by atoms with Crippen LogP contribution in [0, 0.1) is 5.82 Å². The Bertz CT molecular complexity index is 603. The smallest absolute Gasteiger partial charge is 0.165 e. The molecule has 0 aliphatic carbocycles. The Kier molecular flexibility index (Phi) is 3.93. The Labute approximate surface area is 118 Å². The number of rotatable bonds is 3. The minimum Gasteiger partial charge on any atom is -0.453 e. The predicted molar refractivity (Wildman–Crippen MR) is 76.5 cm³/mol. The predicted octanol–water partition coefficient (Wildman–Crippen LogP) is 4.01. The first-order valence-electron chi connectivity index (χ1n) is 5.09. The van der Waals surface area contributed by atoms with Gasteiger partial charge in [-0.05, 0) is 46.3 Å². The molecular formula is C13H9BrFNOS. The molecule has 0 heterocycles. The van der Waals surface area contributed by atoms with E-state index in [4.69, 9.17) is 22.7 Å². The molecular weight excluding hydrogens is 317 g/mol. The molecule has 0 spiro atoms. The highest BCUT2D eigenvalue weighted by Gasteiger charge is 2.08. The third-order valence-corrected chi connectivity index (χ3v) is 3.13. The quantitative estimate of drug-likeness (QED) is 0.866. The number of hydrogen-bond donors (Lipinski definition) is 1. The van der Waals surface area contributed by atoms with Gasteiger partial charge in [0, 0.05) is 5.56 Å². The fourth-order valence-electron chi connectivity index (χ4n) is 1.38. The van der Waals surface area contributed by atoms with Gasteiger partial charge in [-0.3, -0.25) is 0 Å². The highest BCUT2D eigenvalue weighted by molar-refractivity contribution is 9.10. The van der Waals surface area contributed by atoms with Gasteiger partial charge in [-0.25, -0.2) is 4.39 Å². The highest BCUT2D eigenvalue weighted by Crippen LogP contribution is 2.31. The Morgan fingerprint density at radius 3 is 2.50 bits per heavy atom. The van der Waals surface area contributed by atoms with Gasteiger partial charge in [-0.2, -0.15) is 0 Å². The van der Waals surface area contributed by atoms with E-state index in [9.17, 15) is 4.39 Å². The van der Waals surface area contributed by atoms with Crippen molar-refractivity contribution < 1.29 is 9.13 Å². The first-order chi connectivity index (χ1) is 8.58. The lowest BCUT2D eigenvalue weighted by molar-refractivity contribution is 0.440. The molecule has 0 saturated heterocycles. The second kappa shape index (κ2) is 5.46. The van der Waals surface area contributed by atoms with Crippen LogP contribution in [-0.2, 0) is 0 Å². The first-order valence-corrected chi connectivity index (χ1v) is 6.30. The van der Waals surface area contributed by atoms with Crippen LogP contribution in [-0.4, -0.2) is 4.99 Å². The normalized spacial score (nSPS) is 10.1. The SMILES string of the molecule is NC(=S)c1ccc(Oc2ccccc2F)c(Br)c1. The van der Waals surface area contributed by atoms with Crippen LogP contribution in [0.3, 0.4) is 0 Å². The molecule has 0 aliphatic heterocycles. The van der Waals surface area contributed by atoms with Gasteiger partial charge in [0.1, 0.15) is 10.7 Å². The van der Waals surface area contributed by atoms with Gasteiger partial charge in [-0.15, -0.1) is 0 Å². The van der Waals surface area contributed by atoms with E-state index in [1.165, 1.54) is 6.07 Å². The summed E-state index contributed by atoms with van der Waals surface area (Å²) in [5, 5.41) is 0. The fraction of sp³-hybridized carbons (Fsp3) is 0. The van der Waals surface area contributed by atoms with Crippen molar-refractivity contribution in [1.82, 2.24) is 0 Å². The fourth-order valence-corrected chi connectivity index (χ4v) is 1.97. The number of ether oxygens (including phenoxy) is 1.